The van der Waals surface area contributed by atoms with E-state index in [-0.39, 0.29) is 32.7 Å². The highest BCUT2D eigenvalue weighted by Crippen LogP contribution is 1.93. The summed E-state index contributed by atoms with van der Waals surface area (Å²) in [6, 6.07) is 0. The molecule has 0 saturated heterocycles. The topological polar surface area (TPSA) is 189 Å². The molecule has 0 radical (unpaired) electrons. The molecule has 35 heavy (non-hydrogen) atoms. The van der Waals surface area contributed by atoms with E-state index < -0.39 is 35.4 Å². The summed E-state index contributed by atoms with van der Waals surface area (Å²) in [6.07, 6.45) is 0.782. The highest BCUT2D eigenvalue weighted by Gasteiger charge is 2.21. The van der Waals surface area contributed by atoms with Crippen LogP contribution in [0.1, 0.15) is 39.0 Å². The van der Waals surface area contributed by atoms with Crippen LogP contribution < -0.4 is 38.8 Å². The standard InChI is InChI=1S/C22H45N7O6/c1-3-17(30)14-27-20(33)28(15-18(31)12-25-10-5-4-8-23)22(35)29(21(27)34)16-19(32)13-26-11-7-6-9-24-2/h17-19,24-26,30-32H,3-16,23H2,1-2H3. The van der Waals surface area contributed by atoms with Crippen molar-refractivity contribution in [3.63, 3.8) is 0 Å². The van der Waals surface area contributed by atoms with Gasteiger partial charge in [0.1, 0.15) is 0 Å². The maximum atomic E-state index is 13.0. The number of hydrogen-bond donors (Lipinski definition) is 7. The van der Waals surface area contributed by atoms with E-state index in [9.17, 15) is 29.7 Å². The SMILES string of the molecule is CCC(O)Cn1c(=O)n(CC(O)CNCCCCN)c(=O)n(CC(O)CNCCCCNC)c1=O. The zero-order chi connectivity index (χ0) is 26.2. The van der Waals surface area contributed by atoms with E-state index in [0.29, 0.717) is 26.1 Å². The van der Waals surface area contributed by atoms with Crippen molar-refractivity contribution in [2.75, 3.05) is 46.3 Å². The zero-order valence-electron chi connectivity index (χ0n) is 21.1. The molecule has 8 N–H and O–H groups in total. The summed E-state index contributed by atoms with van der Waals surface area (Å²) in [5, 5.41) is 40.0. The Balaban J connectivity index is 3.03. The van der Waals surface area contributed by atoms with Crippen molar-refractivity contribution in [1.29, 1.82) is 0 Å². The van der Waals surface area contributed by atoms with Crippen LogP contribution in [-0.2, 0) is 19.6 Å². The van der Waals surface area contributed by atoms with Gasteiger partial charge in [0, 0.05) is 13.1 Å². The van der Waals surface area contributed by atoms with Crippen LogP contribution in [0.4, 0.5) is 0 Å². The van der Waals surface area contributed by atoms with Gasteiger partial charge in [-0.05, 0) is 65.3 Å². The summed E-state index contributed by atoms with van der Waals surface area (Å²) in [4.78, 5) is 38.9. The zero-order valence-corrected chi connectivity index (χ0v) is 21.1. The van der Waals surface area contributed by atoms with Crippen molar-refractivity contribution >= 4 is 0 Å². The van der Waals surface area contributed by atoms with E-state index in [1.54, 1.807) is 6.92 Å². The quantitative estimate of drug-likeness (QED) is 0.0883. The molecule has 1 heterocycles. The van der Waals surface area contributed by atoms with Gasteiger partial charge in [-0.2, -0.15) is 0 Å². The van der Waals surface area contributed by atoms with Crippen LogP contribution in [-0.4, -0.2) is 93.6 Å². The first-order valence-electron chi connectivity index (χ1n) is 12.5. The molecule has 0 aliphatic carbocycles. The Morgan fingerprint density at radius 3 is 1.51 bits per heavy atom. The summed E-state index contributed by atoms with van der Waals surface area (Å²) in [5.41, 5.74) is 2.75. The molecule has 13 heteroatoms. The molecule has 204 valence electrons. The molecule has 0 spiro atoms. The van der Waals surface area contributed by atoms with Crippen molar-refractivity contribution in [1.82, 2.24) is 29.7 Å². The molecule has 3 atom stereocenters. The van der Waals surface area contributed by atoms with Crippen molar-refractivity contribution in [3.05, 3.63) is 31.5 Å². The fraction of sp³-hybridized carbons (Fsp3) is 0.864. The first-order chi connectivity index (χ1) is 16.8. The molecule has 3 unspecified atom stereocenters. The van der Waals surface area contributed by atoms with Crippen molar-refractivity contribution in [3.8, 4) is 0 Å². The van der Waals surface area contributed by atoms with Gasteiger partial charge in [-0.1, -0.05) is 6.92 Å². The van der Waals surface area contributed by atoms with E-state index in [4.69, 9.17) is 5.73 Å². The lowest BCUT2D eigenvalue weighted by atomic mass is 10.3. The Kier molecular flexibility index (Phi) is 15.6. The van der Waals surface area contributed by atoms with Gasteiger partial charge in [0.25, 0.3) is 0 Å². The van der Waals surface area contributed by atoms with Crippen LogP contribution in [0.15, 0.2) is 14.4 Å². The monoisotopic (exact) mass is 503 g/mol. The summed E-state index contributed by atoms with van der Waals surface area (Å²) in [7, 11) is 1.87. The molecule has 0 bridgehead atoms. The second-order valence-electron chi connectivity index (χ2n) is 8.76. The van der Waals surface area contributed by atoms with Crippen LogP contribution in [0.5, 0.6) is 0 Å². The number of aliphatic hydroxyl groups is 3. The first kappa shape index (κ1) is 31.2. The summed E-state index contributed by atoms with van der Waals surface area (Å²) >= 11 is 0. The van der Waals surface area contributed by atoms with Crippen LogP contribution in [0.3, 0.4) is 0 Å². The van der Waals surface area contributed by atoms with Gasteiger partial charge in [-0.25, -0.2) is 28.1 Å². The Labute approximate surface area is 206 Å². The number of nitrogens with two attached hydrogens (primary N) is 1. The van der Waals surface area contributed by atoms with Crippen LogP contribution in [0, 0.1) is 0 Å². The Morgan fingerprint density at radius 2 is 1.11 bits per heavy atom. The predicted molar refractivity (Wildman–Crippen MR) is 135 cm³/mol. The number of aromatic nitrogens is 3. The highest BCUT2D eigenvalue weighted by molar-refractivity contribution is 4.83. The maximum absolute atomic E-state index is 13.0. The highest BCUT2D eigenvalue weighted by atomic mass is 16.3. The number of nitrogens with zero attached hydrogens (tertiary/aromatic N) is 3. The molecule has 1 aromatic rings. The number of nitrogens with one attached hydrogen (secondary N) is 3. The molecular formula is C22H45N7O6. The summed E-state index contributed by atoms with van der Waals surface area (Å²) in [6.45, 7) is 3.83. The molecule has 0 amide bonds. The molecule has 0 aromatic carbocycles. The third-order valence-electron chi connectivity index (χ3n) is 5.63. The van der Waals surface area contributed by atoms with Crippen molar-refractivity contribution in [2.24, 2.45) is 5.73 Å². The fourth-order valence-corrected chi connectivity index (χ4v) is 3.53. The van der Waals surface area contributed by atoms with Gasteiger partial charge in [-0.15, -0.1) is 0 Å². The third kappa shape index (κ3) is 11.2. The second kappa shape index (κ2) is 17.5. The molecule has 0 aliphatic rings. The number of hydrogen-bond acceptors (Lipinski definition) is 10. The Morgan fingerprint density at radius 1 is 0.714 bits per heavy atom. The second-order valence-corrected chi connectivity index (χ2v) is 8.76. The van der Waals surface area contributed by atoms with Gasteiger partial charge in [-0.3, -0.25) is 0 Å². The number of rotatable bonds is 20. The molecule has 13 nitrogen and oxygen atoms in total. The minimum atomic E-state index is -1.06. The van der Waals surface area contributed by atoms with Gasteiger partial charge < -0.3 is 37.0 Å². The first-order valence-corrected chi connectivity index (χ1v) is 12.5. The lowest BCUT2D eigenvalue weighted by Crippen LogP contribution is -2.57. The molecule has 0 fully saturated rings. The van der Waals surface area contributed by atoms with Crippen LogP contribution in [0.25, 0.3) is 0 Å². The van der Waals surface area contributed by atoms with Crippen LogP contribution in [0.2, 0.25) is 0 Å². The van der Waals surface area contributed by atoms with Crippen LogP contribution >= 0.6 is 0 Å². The summed E-state index contributed by atoms with van der Waals surface area (Å²) in [5.74, 6) is 0. The smallest absolute Gasteiger partial charge is 0.336 e. The van der Waals surface area contributed by atoms with E-state index in [2.05, 4.69) is 16.0 Å². The average Bonchev–Trinajstić information content (AvgIpc) is 2.84. The molecule has 1 aromatic heterocycles. The lowest BCUT2D eigenvalue weighted by molar-refractivity contribution is 0.126. The van der Waals surface area contributed by atoms with Gasteiger partial charge in [0.2, 0.25) is 0 Å². The van der Waals surface area contributed by atoms with E-state index in [1.807, 2.05) is 7.05 Å². The molecule has 0 saturated carbocycles. The van der Waals surface area contributed by atoms with E-state index in [0.717, 1.165) is 45.9 Å². The molecule has 0 aliphatic heterocycles. The van der Waals surface area contributed by atoms with E-state index >= 15 is 0 Å². The van der Waals surface area contributed by atoms with Gasteiger partial charge in [0.15, 0.2) is 0 Å². The van der Waals surface area contributed by atoms with E-state index in [1.165, 1.54) is 0 Å². The number of unbranched alkanes of at least 4 members (excludes halogenated alkanes) is 2. The summed E-state index contributed by atoms with van der Waals surface area (Å²) < 4.78 is 2.36. The van der Waals surface area contributed by atoms with Crippen molar-refractivity contribution < 1.29 is 15.3 Å². The number of aliphatic hydroxyl groups excluding tert-OH is 3. The van der Waals surface area contributed by atoms with Gasteiger partial charge in [0.05, 0.1) is 37.9 Å². The maximum Gasteiger partial charge on any atom is 0.336 e. The third-order valence-corrected chi connectivity index (χ3v) is 5.63. The minimum Gasteiger partial charge on any atom is -0.391 e. The average molecular weight is 504 g/mol. The Hall–Kier alpha value is -1.87. The largest absolute Gasteiger partial charge is 0.391 e. The normalized spacial score (nSPS) is 14.2. The minimum absolute atomic E-state index is 0.146. The predicted octanol–water partition coefficient (Wildman–Crippen LogP) is -3.42. The lowest BCUT2D eigenvalue weighted by Gasteiger charge is -2.19. The van der Waals surface area contributed by atoms with Gasteiger partial charge >= 0.3 is 17.1 Å². The molecular weight excluding hydrogens is 458 g/mol. The van der Waals surface area contributed by atoms with Crippen molar-refractivity contribution in [2.45, 2.75) is 77.0 Å². The Bertz CT molecular complexity index is 885. The fourth-order valence-electron chi connectivity index (χ4n) is 3.53. The molecule has 1 rings (SSSR count).